The first kappa shape index (κ1) is 29.5. The van der Waals surface area contributed by atoms with Gasteiger partial charge in [-0.1, -0.05) is 50.0 Å². The van der Waals surface area contributed by atoms with E-state index in [-0.39, 0.29) is 5.83 Å². The molecule has 0 spiro atoms. The molecule has 1 unspecified atom stereocenters. The van der Waals surface area contributed by atoms with Crippen LogP contribution in [0.1, 0.15) is 51.0 Å². The molecular weight excluding hydrogens is 502 g/mol. The van der Waals surface area contributed by atoms with Crippen molar-refractivity contribution < 1.29 is 17.2 Å². The van der Waals surface area contributed by atoms with Crippen LogP contribution in [0.25, 0.3) is 10.9 Å². The molecule has 2 aromatic rings. The molecule has 4 nitrogen and oxygen atoms in total. The highest BCUT2D eigenvalue weighted by Crippen LogP contribution is 2.36. The van der Waals surface area contributed by atoms with E-state index in [2.05, 4.69) is 59.7 Å². The summed E-state index contributed by atoms with van der Waals surface area (Å²) in [6.45, 7) is 9.65. The molecule has 0 N–H and O–H groups in total. The summed E-state index contributed by atoms with van der Waals surface area (Å²) in [6, 6.07) is 5.76. The molecule has 204 valence electrons. The minimum Gasteiger partial charge on any atom is -0.397 e. The monoisotopic (exact) mass is 540 g/mol. The molecule has 1 fully saturated rings. The minimum absolute atomic E-state index is 0.0856. The van der Waals surface area contributed by atoms with Crippen molar-refractivity contribution >= 4 is 22.0 Å². The minimum atomic E-state index is -1.91. The van der Waals surface area contributed by atoms with Gasteiger partial charge in [-0.15, -0.1) is 0 Å². The van der Waals surface area contributed by atoms with E-state index < -0.39 is 16.9 Å². The zero-order valence-electron chi connectivity index (χ0n) is 22.5. The van der Waals surface area contributed by atoms with Gasteiger partial charge in [0.1, 0.15) is 11.6 Å². The maximum atomic E-state index is 13.4. The third-order valence-corrected chi connectivity index (χ3v) is 7.33. The predicted octanol–water partition coefficient (Wildman–Crippen LogP) is 8.20. The van der Waals surface area contributed by atoms with E-state index in [0.717, 1.165) is 67.7 Å². The van der Waals surface area contributed by atoms with E-state index in [1.54, 1.807) is 12.1 Å². The largest absolute Gasteiger partial charge is 0.397 e. The van der Waals surface area contributed by atoms with E-state index in [9.17, 15) is 13.0 Å². The molecule has 7 heteroatoms. The summed E-state index contributed by atoms with van der Waals surface area (Å²) in [4.78, 5) is 2.36. The molecule has 1 aliphatic heterocycles. The normalized spacial score (nSPS) is 18.0. The van der Waals surface area contributed by atoms with Crippen LogP contribution in [-0.4, -0.2) is 33.8 Å². The zero-order chi connectivity index (χ0) is 27.5. The third-order valence-electron chi connectivity index (χ3n) is 6.55. The van der Waals surface area contributed by atoms with Crippen molar-refractivity contribution in [2.24, 2.45) is 0 Å². The first-order valence-corrected chi connectivity index (χ1v) is 14.2. The topological polar surface area (TPSA) is 34.5 Å². The molecule has 2 aliphatic rings. The van der Waals surface area contributed by atoms with Crippen molar-refractivity contribution in [1.82, 2.24) is 9.47 Å². The van der Waals surface area contributed by atoms with E-state index in [1.807, 2.05) is 19.1 Å². The summed E-state index contributed by atoms with van der Waals surface area (Å²) >= 11 is -1.91. The Kier molecular flexibility index (Phi) is 11.5. The number of fused-ring (bicyclic) bond motifs is 1. The van der Waals surface area contributed by atoms with Gasteiger partial charge in [0.2, 0.25) is 11.1 Å². The van der Waals surface area contributed by atoms with E-state index >= 15 is 0 Å². The van der Waals surface area contributed by atoms with Gasteiger partial charge in [-0.2, -0.15) is 0 Å². The van der Waals surface area contributed by atoms with Crippen LogP contribution in [0.2, 0.25) is 0 Å². The highest BCUT2D eigenvalue weighted by Gasteiger charge is 2.23. The van der Waals surface area contributed by atoms with Crippen LogP contribution in [0, 0.1) is 0 Å². The molecule has 1 aromatic heterocycles. The van der Waals surface area contributed by atoms with Crippen molar-refractivity contribution in [1.29, 1.82) is 0 Å². The molecule has 1 aliphatic carbocycles. The summed E-state index contributed by atoms with van der Waals surface area (Å²) in [5.74, 6) is 0.187. The van der Waals surface area contributed by atoms with Gasteiger partial charge in [0, 0.05) is 23.6 Å². The highest BCUT2D eigenvalue weighted by molar-refractivity contribution is 7.83. The summed E-state index contributed by atoms with van der Waals surface area (Å²) in [6.07, 6.45) is 19.3. The van der Waals surface area contributed by atoms with Crippen molar-refractivity contribution in [3.8, 4) is 5.75 Å². The maximum absolute atomic E-state index is 13.4. The average molecular weight is 541 g/mol. The van der Waals surface area contributed by atoms with Gasteiger partial charge in [-0.25, -0.2) is 13.0 Å². The molecule has 0 amide bonds. The summed E-state index contributed by atoms with van der Waals surface area (Å²) < 4.78 is 44.9. The fourth-order valence-corrected chi connectivity index (χ4v) is 5.25. The Morgan fingerprint density at radius 3 is 2.63 bits per heavy atom. The van der Waals surface area contributed by atoms with Crippen LogP contribution in [-0.2, 0) is 17.6 Å². The number of nitrogens with zero attached hydrogens (tertiary/aromatic N) is 2. The lowest BCUT2D eigenvalue weighted by atomic mass is 9.89. The van der Waals surface area contributed by atoms with Crippen LogP contribution in [0.5, 0.6) is 5.75 Å². The molecule has 1 atom stereocenters. The van der Waals surface area contributed by atoms with Gasteiger partial charge in [0.05, 0.1) is 11.2 Å². The number of aromatic nitrogens is 1. The molecule has 38 heavy (non-hydrogen) atoms. The molecule has 4 rings (SSSR count). The molecular formula is C31H38F2N2O2S. The standard InChI is InChI=1S/C26H29FN2O2S.C5H9F/c1-3-22(27)19-32(30)31-23-10-11-26-24(16-23)25(21-12-14-28(2)15-13-21)18-29(26)17-20-8-6-4-5-7-9-20;1-3-4-5(2)6/h3-8,10-11,16,18-19,21H,1,9,12-15,17H2,2H3;4H,3H2,1-2H3/b22-19-;5-4+. The predicted molar refractivity (Wildman–Crippen MR) is 156 cm³/mol. The van der Waals surface area contributed by atoms with Gasteiger partial charge < -0.3 is 13.7 Å². The second-order valence-electron chi connectivity index (χ2n) is 9.56. The summed E-state index contributed by atoms with van der Waals surface area (Å²) in [5, 5.41) is 2.03. The maximum Gasteiger partial charge on any atom is 0.236 e. The van der Waals surface area contributed by atoms with Gasteiger partial charge in [0.15, 0.2) is 0 Å². The Labute approximate surface area is 228 Å². The molecule has 1 aromatic carbocycles. The summed E-state index contributed by atoms with van der Waals surface area (Å²) in [5.41, 5.74) is 3.77. The van der Waals surface area contributed by atoms with Crippen molar-refractivity contribution in [2.75, 3.05) is 20.1 Å². The lowest BCUT2D eigenvalue weighted by Gasteiger charge is -2.28. The fraction of sp³-hybridized carbons (Fsp3) is 0.355. The number of allylic oxidation sites excluding steroid dienone is 10. The van der Waals surface area contributed by atoms with Gasteiger partial charge in [-0.05, 0) is 94.1 Å². The Hall–Kier alpha value is -3.03. The van der Waals surface area contributed by atoms with Crippen LogP contribution >= 0.6 is 0 Å². The molecule has 0 saturated carbocycles. The van der Waals surface area contributed by atoms with Crippen LogP contribution in [0.4, 0.5) is 8.78 Å². The Balaban J connectivity index is 0.000000599. The third kappa shape index (κ3) is 8.77. The Bertz CT molecular complexity index is 1270. The average Bonchev–Trinajstić information content (AvgIpc) is 3.04. The van der Waals surface area contributed by atoms with Crippen molar-refractivity contribution in [2.45, 2.75) is 52.0 Å². The number of likely N-dealkylation sites (tertiary alicyclic amines) is 1. The number of piperidine rings is 1. The van der Waals surface area contributed by atoms with E-state index in [1.165, 1.54) is 18.1 Å². The quantitative estimate of drug-likeness (QED) is 0.317. The lowest BCUT2D eigenvalue weighted by Crippen LogP contribution is -2.29. The highest BCUT2D eigenvalue weighted by atomic mass is 32.2. The number of benzene rings is 1. The van der Waals surface area contributed by atoms with Crippen LogP contribution in [0.15, 0.2) is 96.1 Å². The first-order valence-electron chi connectivity index (χ1n) is 13.0. The SMILES string of the molecule is C=C/C(F)=C/S(=O)Oc1ccc2c(c1)c(C1CCN(C)CC1)cn2CC1=CC=CC=CC1.CC/C=C(\C)F. The van der Waals surface area contributed by atoms with Gasteiger partial charge >= 0.3 is 0 Å². The number of hydrogen-bond acceptors (Lipinski definition) is 3. The zero-order valence-corrected chi connectivity index (χ0v) is 23.4. The second kappa shape index (κ2) is 14.8. The van der Waals surface area contributed by atoms with E-state index in [4.69, 9.17) is 4.18 Å². The first-order chi connectivity index (χ1) is 18.3. The Morgan fingerprint density at radius 2 is 1.97 bits per heavy atom. The van der Waals surface area contributed by atoms with Gasteiger partial charge in [-0.3, -0.25) is 0 Å². The van der Waals surface area contributed by atoms with Crippen LogP contribution < -0.4 is 4.18 Å². The molecule has 0 bridgehead atoms. The number of hydrogen-bond donors (Lipinski definition) is 0. The molecule has 0 radical (unpaired) electrons. The summed E-state index contributed by atoms with van der Waals surface area (Å²) in [7, 11) is 2.16. The Morgan fingerprint density at radius 1 is 1.21 bits per heavy atom. The van der Waals surface area contributed by atoms with Crippen molar-refractivity contribution in [3.05, 3.63) is 102 Å². The van der Waals surface area contributed by atoms with E-state index in [0.29, 0.717) is 11.7 Å². The number of rotatable bonds is 8. The fourth-order valence-electron chi connectivity index (χ4n) is 4.63. The molecule has 2 heterocycles. The van der Waals surface area contributed by atoms with Crippen molar-refractivity contribution in [3.63, 3.8) is 0 Å². The number of halogens is 2. The van der Waals surface area contributed by atoms with Gasteiger partial charge in [0.25, 0.3) is 0 Å². The second-order valence-corrected chi connectivity index (χ2v) is 10.5. The molecule has 1 saturated heterocycles. The lowest BCUT2D eigenvalue weighted by molar-refractivity contribution is 0.256. The van der Waals surface area contributed by atoms with Crippen LogP contribution in [0.3, 0.4) is 0 Å². The smallest absolute Gasteiger partial charge is 0.236 e.